The number of ether oxygens (including phenoxy) is 1. The van der Waals surface area contributed by atoms with Crippen LogP contribution < -0.4 is 5.32 Å². The fourth-order valence-electron chi connectivity index (χ4n) is 2.84. The van der Waals surface area contributed by atoms with Crippen LogP contribution in [0, 0.1) is 5.92 Å². The molecule has 0 aromatic carbocycles. The van der Waals surface area contributed by atoms with Gasteiger partial charge in [-0.15, -0.1) is 0 Å². The molecule has 21 heavy (non-hydrogen) atoms. The fraction of sp³-hybridized carbons (Fsp3) is 0.538. The van der Waals surface area contributed by atoms with Gasteiger partial charge in [0.1, 0.15) is 16.7 Å². The molecule has 0 aliphatic heterocycles. The lowest BCUT2D eigenvalue weighted by Crippen LogP contribution is -2.19. The summed E-state index contributed by atoms with van der Waals surface area (Å²) in [6.07, 6.45) is 4.04. The summed E-state index contributed by atoms with van der Waals surface area (Å²) < 4.78 is 7.23. The molecule has 112 valence electrons. The molecule has 0 spiro atoms. The molecule has 2 heterocycles. The van der Waals surface area contributed by atoms with Crippen LogP contribution >= 0.6 is 15.9 Å². The van der Waals surface area contributed by atoms with Crippen LogP contribution in [0.4, 0.5) is 5.82 Å². The fourth-order valence-corrected chi connectivity index (χ4v) is 3.44. The van der Waals surface area contributed by atoms with Crippen LogP contribution in [0.2, 0.25) is 0 Å². The van der Waals surface area contributed by atoms with Gasteiger partial charge < -0.3 is 10.1 Å². The SMILES string of the molecule is COC(=O)[C@H]1CC[C@@H](Nc2ncnc3c2c(Br)nn3C)C1. The van der Waals surface area contributed by atoms with E-state index >= 15 is 0 Å². The maximum atomic E-state index is 11.6. The molecule has 2 aromatic rings. The summed E-state index contributed by atoms with van der Waals surface area (Å²) in [5.74, 6) is 0.590. The third-order valence-corrected chi connectivity index (χ3v) is 4.44. The molecule has 1 saturated carbocycles. The first-order valence-corrected chi connectivity index (χ1v) is 7.57. The molecule has 1 N–H and O–H groups in total. The third-order valence-electron chi connectivity index (χ3n) is 3.89. The minimum atomic E-state index is -0.130. The highest BCUT2D eigenvalue weighted by Crippen LogP contribution is 2.32. The van der Waals surface area contributed by atoms with Crippen LogP contribution in [0.15, 0.2) is 10.9 Å². The van der Waals surface area contributed by atoms with Crippen molar-refractivity contribution in [2.75, 3.05) is 12.4 Å². The van der Waals surface area contributed by atoms with E-state index in [9.17, 15) is 4.79 Å². The Hall–Kier alpha value is -1.70. The van der Waals surface area contributed by atoms with Crippen molar-refractivity contribution in [3.8, 4) is 0 Å². The number of carbonyl (C=O) groups is 1. The van der Waals surface area contributed by atoms with Crippen molar-refractivity contribution in [1.29, 1.82) is 0 Å². The maximum Gasteiger partial charge on any atom is 0.308 e. The first kappa shape index (κ1) is 14.2. The molecule has 1 fully saturated rings. The molecule has 2 aromatic heterocycles. The molecule has 1 aliphatic rings. The number of anilines is 1. The number of hydrogen-bond donors (Lipinski definition) is 1. The van der Waals surface area contributed by atoms with Gasteiger partial charge in [0.25, 0.3) is 0 Å². The van der Waals surface area contributed by atoms with Crippen molar-refractivity contribution in [3.63, 3.8) is 0 Å². The lowest BCUT2D eigenvalue weighted by molar-refractivity contribution is -0.145. The van der Waals surface area contributed by atoms with E-state index < -0.39 is 0 Å². The van der Waals surface area contributed by atoms with Gasteiger partial charge in [-0.2, -0.15) is 5.10 Å². The summed E-state index contributed by atoms with van der Waals surface area (Å²) in [5.41, 5.74) is 0.766. The van der Waals surface area contributed by atoms with Gasteiger partial charge in [0.2, 0.25) is 0 Å². The van der Waals surface area contributed by atoms with Crippen LogP contribution in [0.3, 0.4) is 0 Å². The van der Waals surface area contributed by atoms with E-state index in [1.54, 1.807) is 4.68 Å². The topological polar surface area (TPSA) is 81.9 Å². The van der Waals surface area contributed by atoms with Crippen LogP contribution in [0.25, 0.3) is 11.0 Å². The van der Waals surface area contributed by atoms with E-state index in [1.165, 1.54) is 13.4 Å². The Morgan fingerprint density at radius 1 is 1.48 bits per heavy atom. The average Bonchev–Trinajstić information content (AvgIpc) is 3.05. The van der Waals surface area contributed by atoms with Gasteiger partial charge in [-0.25, -0.2) is 14.6 Å². The molecule has 8 heteroatoms. The van der Waals surface area contributed by atoms with E-state index in [2.05, 4.69) is 36.3 Å². The molecule has 0 unspecified atom stereocenters. The Balaban J connectivity index is 1.82. The zero-order valence-electron chi connectivity index (χ0n) is 11.8. The van der Waals surface area contributed by atoms with Crippen molar-refractivity contribution in [2.45, 2.75) is 25.3 Å². The summed E-state index contributed by atoms with van der Waals surface area (Å²) in [4.78, 5) is 20.1. The van der Waals surface area contributed by atoms with Gasteiger partial charge in [0.15, 0.2) is 5.65 Å². The monoisotopic (exact) mass is 353 g/mol. The summed E-state index contributed by atoms with van der Waals surface area (Å²) in [7, 11) is 3.27. The van der Waals surface area contributed by atoms with E-state index in [4.69, 9.17) is 4.74 Å². The molecule has 0 amide bonds. The van der Waals surface area contributed by atoms with Crippen LogP contribution in [0.1, 0.15) is 19.3 Å². The maximum absolute atomic E-state index is 11.6. The number of esters is 1. The lowest BCUT2D eigenvalue weighted by Gasteiger charge is -2.14. The zero-order chi connectivity index (χ0) is 15.0. The van der Waals surface area contributed by atoms with E-state index in [0.717, 1.165) is 36.1 Å². The van der Waals surface area contributed by atoms with E-state index in [-0.39, 0.29) is 17.9 Å². The molecule has 7 nitrogen and oxygen atoms in total. The Labute approximate surface area is 130 Å². The Morgan fingerprint density at radius 2 is 2.29 bits per heavy atom. The van der Waals surface area contributed by atoms with Crippen molar-refractivity contribution in [2.24, 2.45) is 13.0 Å². The van der Waals surface area contributed by atoms with Gasteiger partial charge in [-0.05, 0) is 35.2 Å². The first-order valence-electron chi connectivity index (χ1n) is 6.77. The van der Waals surface area contributed by atoms with Gasteiger partial charge in [-0.1, -0.05) is 0 Å². The number of nitrogens with one attached hydrogen (secondary N) is 1. The Kier molecular flexibility index (Phi) is 3.79. The van der Waals surface area contributed by atoms with Gasteiger partial charge >= 0.3 is 5.97 Å². The highest BCUT2D eigenvalue weighted by Gasteiger charge is 2.31. The second-order valence-electron chi connectivity index (χ2n) is 5.21. The quantitative estimate of drug-likeness (QED) is 0.848. The summed E-state index contributed by atoms with van der Waals surface area (Å²) >= 11 is 3.44. The number of hydrogen-bond acceptors (Lipinski definition) is 6. The van der Waals surface area contributed by atoms with E-state index in [1.807, 2.05) is 7.05 Å². The second kappa shape index (κ2) is 5.59. The molecular formula is C13H16BrN5O2. The van der Waals surface area contributed by atoms with Gasteiger partial charge in [0, 0.05) is 13.1 Å². The number of methoxy groups -OCH3 is 1. The van der Waals surface area contributed by atoms with Crippen LogP contribution in [0.5, 0.6) is 0 Å². The molecule has 3 rings (SSSR count). The molecule has 0 radical (unpaired) electrons. The van der Waals surface area contributed by atoms with Crippen LogP contribution in [-0.4, -0.2) is 38.9 Å². The minimum absolute atomic E-state index is 0.0258. The number of fused-ring (bicyclic) bond motifs is 1. The molecule has 0 saturated heterocycles. The second-order valence-corrected chi connectivity index (χ2v) is 5.96. The lowest BCUT2D eigenvalue weighted by atomic mass is 10.1. The van der Waals surface area contributed by atoms with E-state index in [0.29, 0.717) is 4.60 Å². The first-order chi connectivity index (χ1) is 10.1. The van der Waals surface area contributed by atoms with Crippen molar-refractivity contribution < 1.29 is 9.53 Å². The number of nitrogens with zero attached hydrogens (tertiary/aromatic N) is 4. The highest BCUT2D eigenvalue weighted by molar-refractivity contribution is 9.10. The number of halogens is 1. The van der Waals surface area contributed by atoms with Crippen molar-refractivity contribution in [1.82, 2.24) is 19.7 Å². The molecule has 0 bridgehead atoms. The van der Waals surface area contributed by atoms with Gasteiger partial charge in [0.05, 0.1) is 18.4 Å². The predicted octanol–water partition coefficient (Wildman–Crippen LogP) is 1.88. The summed E-state index contributed by atoms with van der Waals surface area (Å²) in [6.45, 7) is 0. The third kappa shape index (κ3) is 2.59. The smallest absolute Gasteiger partial charge is 0.308 e. The summed E-state index contributed by atoms with van der Waals surface area (Å²) in [6, 6.07) is 0.208. The normalized spacial score (nSPS) is 21.7. The number of aromatic nitrogens is 4. The molecular weight excluding hydrogens is 338 g/mol. The minimum Gasteiger partial charge on any atom is -0.469 e. The Bertz CT molecular complexity index is 686. The predicted molar refractivity (Wildman–Crippen MR) is 80.8 cm³/mol. The average molecular weight is 354 g/mol. The van der Waals surface area contributed by atoms with Crippen molar-refractivity contribution >= 4 is 38.8 Å². The highest BCUT2D eigenvalue weighted by atomic mass is 79.9. The number of carbonyl (C=O) groups excluding carboxylic acids is 1. The molecule has 1 aliphatic carbocycles. The molecule has 2 atom stereocenters. The van der Waals surface area contributed by atoms with Gasteiger partial charge in [-0.3, -0.25) is 4.79 Å². The number of aryl methyl sites for hydroxylation is 1. The van der Waals surface area contributed by atoms with Crippen molar-refractivity contribution in [3.05, 3.63) is 10.9 Å². The summed E-state index contributed by atoms with van der Waals surface area (Å²) in [5, 5.41) is 8.57. The number of rotatable bonds is 3. The standard InChI is InChI=1S/C13H16BrN5O2/c1-19-12-9(10(14)18-19)11(15-6-16-12)17-8-4-3-7(5-8)13(20)21-2/h6-8H,3-5H2,1-2H3,(H,15,16,17)/t7-,8+/m0/s1. The zero-order valence-corrected chi connectivity index (χ0v) is 13.4. The largest absolute Gasteiger partial charge is 0.469 e. The Morgan fingerprint density at radius 3 is 3.05 bits per heavy atom. The van der Waals surface area contributed by atoms with Crippen LogP contribution in [-0.2, 0) is 16.6 Å².